The van der Waals surface area contributed by atoms with Gasteiger partial charge in [-0.3, -0.25) is 4.79 Å². The van der Waals surface area contributed by atoms with Crippen molar-refractivity contribution in [3.05, 3.63) is 17.7 Å². The highest BCUT2D eigenvalue weighted by atomic mass is 16.4. The maximum Gasteiger partial charge on any atom is 0.314 e. The Morgan fingerprint density at radius 3 is 2.57 bits per heavy atom. The van der Waals surface area contributed by atoms with Crippen LogP contribution in [-0.4, -0.2) is 26.3 Å². The van der Waals surface area contributed by atoms with E-state index in [1.54, 1.807) is 13.1 Å². The number of aliphatic carboxylic acids is 1. The van der Waals surface area contributed by atoms with Crippen molar-refractivity contribution in [3.8, 4) is 0 Å². The average molecular weight is 195 g/mol. The summed E-state index contributed by atoms with van der Waals surface area (Å²) in [5, 5.41) is 16.2. The van der Waals surface area contributed by atoms with Gasteiger partial charge in [0.25, 0.3) is 0 Å². The molecule has 0 aliphatic rings. The second-order valence-corrected chi connectivity index (χ2v) is 3.45. The van der Waals surface area contributed by atoms with E-state index in [4.69, 9.17) is 5.11 Å². The molecule has 0 amide bonds. The minimum Gasteiger partial charge on any atom is -0.481 e. The maximum atomic E-state index is 10.7. The summed E-state index contributed by atoms with van der Waals surface area (Å²) in [7, 11) is 0. The number of carboxylic acids is 1. The third-order valence-corrected chi connectivity index (χ3v) is 1.94. The highest BCUT2D eigenvalue weighted by molar-refractivity contribution is 5.74. The minimum absolute atomic E-state index is 0.227. The lowest BCUT2D eigenvalue weighted by atomic mass is 10.1. The Kier molecular flexibility index (Phi) is 3.11. The molecular formula is C9H13N3O2. The molecule has 1 aromatic rings. The van der Waals surface area contributed by atoms with E-state index in [0.29, 0.717) is 0 Å². The minimum atomic E-state index is -0.937. The quantitative estimate of drug-likeness (QED) is 0.783. The number of rotatable bonds is 3. The Balaban J connectivity index is 2.99. The molecule has 0 spiro atoms. The topological polar surface area (TPSA) is 76.0 Å². The molecule has 0 aromatic carbocycles. The van der Waals surface area contributed by atoms with E-state index in [0.717, 1.165) is 5.69 Å². The Morgan fingerprint density at radius 2 is 2.07 bits per heavy atom. The van der Waals surface area contributed by atoms with Gasteiger partial charge in [-0.1, -0.05) is 13.8 Å². The molecule has 1 rings (SSSR count). The van der Waals surface area contributed by atoms with Gasteiger partial charge in [0.1, 0.15) is 5.92 Å². The van der Waals surface area contributed by atoms with Crippen molar-refractivity contribution in [1.82, 2.24) is 15.2 Å². The summed E-state index contributed by atoms with van der Waals surface area (Å²) < 4.78 is 0. The van der Waals surface area contributed by atoms with Crippen molar-refractivity contribution in [2.24, 2.45) is 0 Å². The fourth-order valence-electron chi connectivity index (χ4n) is 0.903. The van der Waals surface area contributed by atoms with E-state index in [1.165, 1.54) is 0 Å². The Bertz CT molecular complexity index is 339. The molecule has 76 valence electrons. The second-order valence-electron chi connectivity index (χ2n) is 3.45. The number of nitrogens with zero attached hydrogens (tertiary/aromatic N) is 3. The normalized spacial score (nSPS) is 12.9. The van der Waals surface area contributed by atoms with Crippen LogP contribution in [0.15, 0.2) is 6.20 Å². The van der Waals surface area contributed by atoms with E-state index in [9.17, 15) is 4.79 Å². The second kappa shape index (κ2) is 4.13. The Hall–Kier alpha value is -1.52. The molecule has 1 atom stereocenters. The molecule has 0 fully saturated rings. The SMILES string of the molecule is CC(C)c1cnnc(C(C)C(=O)O)n1. The predicted octanol–water partition coefficient (Wildman–Crippen LogP) is 1.18. The van der Waals surface area contributed by atoms with Crippen molar-refractivity contribution in [3.63, 3.8) is 0 Å². The van der Waals surface area contributed by atoms with Crippen LogP contribution in [-0.2, 0) is 4.79 Å². The molecule has 0 aliphatic carbocycles. The lowest BCUT2D eigenvalue weighted by Gasteiger charge is -2.07. The lowest BCUT2D eigenvalue weighted by molar-refractivity contribution is -0.138. The van der Waals surface area contributed by atoms with Gasteiger partial charge in [0.15, 0.2) is 5.82 Å². The van der Waals surface area contributed by atoms with Gasteiger partial charge in [-0.25, -0.2) is 4.98 Å². The van der Waals surface area contributed by atoms with Crippen LogP contribution in [0.25, 0.3) is 0 Å². The number of carbonyl (C=O) groups is 1. The van der Waals surface area contributed by atoms with Crippen LogP contribution in [0, 0.1) is 0 Å². The molecule has 5 heteroatoms. The van der Waals surface area contributed by atoms with E-state index in [1.807, 2.05) is 13.8 Å². The van der Waals surface area contributed by atoms with E-state index in [-0.39, 0.29) is 11.7 Å². The fourth-order valence-corrected chi connectivity index (χ4v) is 0.903. The van der Waals surface area contributed by atoms with Crippen LogP contribution >= 0.6 is 0 Å². The van der Waals surface area contributed by atoms with Gasteiger partial charge in [0.05, 0.1) is 11.9 Å². The Morgan fingerprint density at radius 1 is 1.43 bits per heavy atom. The third kappa shape index (κ3) is 2.25. The summed E-state index contributed by atoms with van der Waals surface area (Å²) in [5.74, 6) is -1.15. The maximum absolute atomic E-state index is 10.7. The van der Waals surface area contributed by atoms with Crippen molar-refractivity contribution in [1.29, 1.82) is 0 Å². The summed E-state index contributed by atoms with van der Waals surface area (Å²) >= 11 is 0. The van der Waals surface area contributed by atoms with Gasteiger partial charge in [-0.2, -0.15) is 5.10 Å². The lowest BCUT2D eigenvalue weighted by Crippen LogP contribution is -2.13. The molecule has 1 unspecified atom stereocenters. The summed E-state index contributed by atoms with van der Waals surface area (Å²) in [4.78, 5) is 14.8. The number of aromatic nitrogens is 3. The summed E-state index contributed by atoms with van der Waals surface area (Å²) in [6.07, 6.45) is 1.56. The van der Waals surface area contributed by atoms with E-state index in [2.05, 4.69) is 15.2 Å². The smallest absolute Gasteiger partial charge is 0.314 e. The van der Waals surface area contributed by atoms with Crippen LogP contribution in [0.4, 0.5) is 0 Å². The first-order chi connectivity index (χ1) is 6.52. The first-order valence-electron chi connectivity index (χ1n) is 4.44. The van der Waals surface area contributed by atoms with Crippen LogP contribution < -0.4 is 0 Å². The van der Waals surface area contributed by atoms with Gasteiger partial charge < -0.3 is 5.11 Å². The first kappa shape index (κ1) is 10.6. The predicted molar refractivity (Wildman–Crippen MR) is 50.0 cm³/mol. The molecule has 1 N–H and O–H groups in total. The van der Waals surface area contributed by atoms with Gasteiger partial charge in [0, 0.05) is 0 Å². The van der Waals surface area contributed by atoms with Crippen LogP contribution in [0.1, 0.15) is 44.1 Å². The molecule has 1 heterocycles. The van der Waals surface area contributed by atoms with Gasteiger partial charge >= 0.3 is 5.97 Å². The highest BCUT2D eigenvalue weighted by Crippen LogP contribution is 2.13. The molecule has 1 aromatic heterocycles. The molecule has 14 heavy (non-hydrogen) atoms. The summed E-state index contributed by atoms with van der Waals surface area (Å²) in [6.45, 7) is 5.49. The average Bonchev–Trinajstić information content (AvgIpc) is 2.16. The zero-order valence-electron chi connectivity index (χ0n) is 8.43. The number of hydrogen-bond acceptors (Lipinski definition) is 4. The van der Waals surface area contributed by atoms with Crippen molar-refractivity contribution in [2.75, 3.05) is 0 Å². The third-order valence-electron chi connectivity index (χ3n) is 1.94. The molecule has 0 saturated heterocycles. The van der Waals surface area contributed by atoms with Crippen molar-refractivity contribution < 1.29 is 9.90 Å². The van der Waals surface area contributed by atoms with Crippen molar-refractivity contribution in [2.45, 2.75) is 32.6 Å². The van der Waals surface area contributed by atoms with Gasteiger partial charge in [-0.15, -0.1) is 5.10 Å². The van der Waals surface area contributed by atoms with Crippen LogP contribution in [0.2, 0.25) is 0 Å². The molecule has 0 bridgehead atoms. The molecule has 0 aliphatic heterocycles. The van der Waals surface area contributed by atoms with E-state index < -0.39 is 11.9 Å². The summed E-state index contributed by atoms with van der Waals surface area (Å²) in [5.41, 5.74) is 0.767. The van der Waals surface area contributed by atoms with Crippen LogP contribution in [0.5, 0.6) is 0 Å². The number of carboxylic acid groups (broad SMARTS) is 1. The summed E-state index contributed by atoms with van der Waals surface area (Å²) in [6, 6.07) is 0. The first-order valence-corrected chi connectivity index (χ1v) is 4.44. The zero-order chi connectivity index (χ0) is 10.7. The molecule has 0 saturated carbocycles. The molecular weight excluding hydrogens is 182 g/mol. The fraction of sp³-hybridized carbons (Fsp3) is 0.556. The Labute approximate surface area is 82.2 Å². The van der Waals surface area contributed by atoms with E-state index >= 15 is 0 Å². The standard InChI is InChI=1S/C9H13N3O2/c1-5(2)7-4-10-12-8(11-7)6(3)9(13)14/h4-6H,1-3H3,(H,13,14). The molecule has 0 radical (unpaired) electrons. The number of hydrogen-bond donors (Lipinski definition) is 1. The van der Waals surface area contributed by atoms with Crippen LogP contribution in [0.3, 0.4) is 0 Å². The highest BCUT2D eigenvalue weighted by Gasteiger charge is 2.18. The largest absolute Gasteiger partial charge is 0.481 e. The molecule has 5 nitrogen and oxygen atoms in total. The van der Waals surface area contributed by atoms with Crippen molar-refractivity contribution >= 4 is 5.97 Å². The monoisotopic (exact) mass is 195 g/mol. The van der Waals surface area contributed by atoms with Gasteiger partial charge in [-0.05, 0) is 12.8 Å². The van der Waals surface area contributed by atoms with Gasteiger partial charge in [0.2, 0.25) is 0 Å². The zero-order valence-corrected chi connectivity index (χ0v) is 8.43.